The molecule has 0 saturated heterocycles. The smallest absolute Gasteiger partial charge is 0.197 e. The molecule has 0 fully saturated rings. The summed E-state index contributed by atoms with van der Waals surface area (Å²) >= 11 is 0. The Kier molecular flexibility index (Phi) is 4.32. The molecule has 0 unspecified atom stereocenters. The predicted octanol–water partition coefficient (Wildman–Crippen LogP) is 2.63. The van der Waals surface area contributed by atoms with Crippen molar-refractivity contribution in [1.29, 1.82) is 5.26 Å². The van der Waals surface area contributed by atoms with Crippen LogP contribution in [0.25, 0.3) is 0 Å². The van der Waals surface area contributed by atoms with Crippen LogP contribution in [0, 0.1) is 11.3 Å². The molecule has 104 valence electrons. The molecule has 1 N–H and O–H groups in total. The third-order valence-electron chi connectivity index (χ3n) is 2.98. The fourth-order valence-corrected chi connectivity index (χ4v) is 2.00. The summed E-state index contributed by atoms with van der Waals surface area (Å²) in [4.78, 5) is 12.7. The maximum atomic E-state index is 12.7. The van der Waals surface area contributed by atoms with Gasteiger partial charge in [0.2, 0.25) is 0 Å². The quantitative estimate of drug-likeness (QED) is 0.404. The highest BCUT2D eigenvalue weighted by Crippen LogP contribution is 2.23. The Morgan fingerprint density at radius 1 is 1.10 bits per heavy atom. The van der Waals surface area contributed by atoms with Gasteiger partial charge in [0.1, 0.15) is 11.8 Å². The molecule has 5 nitrogen and oxygen atoms in total. The van der Waals surface area contributed by atoms with Gasteiger partial charge >= 0.3 is 0 Å². The van der Waals surface area contributed by atoms with Crippen LogP contribution in [0.2, 0.25) is 0 Å². The number of hydrogen-bond acceptors (Lipinski definition) is 5. The van der Waals surface area contributed by atoms with Crippen LogP contribution in [-0.2, 0) is 0 Å². The van der Waals surface area contributed by atoms with E-state index in [-0.39, 0.29) is 22.6 Å². The second kappa shape index (κ2) is 6.35. The molecular formula is C16H12N2O3. The summed E-state index contributed by atoms with van der Waals surface area (Å²) in [5.74, 6) is 0.135. The van der Waals surface area contributed by atoms with Gasteiger partial charge < -0.3 is 9.94 Å². The molecule has 2 rings (SSSR count). The Labute approximate surface area is 121 Å². The number of para-hydroxylation sites is 1. The number of methoxy groups -OCH3 is 1. The van der Waals surface area contributed by atoms with Crippen molar-refractivity contribution in [1.82, 2.24) is 0 Å². The van der Waals surface area contributed by atoms with Gasteiger partial charge in [-0.05, 0) is 12.1 Å². The first-order valence-electron chi connectivity index (χ1n) is 6.12. The van der Waals surface area contributed by atoms with Gasteiger partial charge in [-0.25, -0.2) is 0 Å². The number of carbonyl (C=O) groups excluding carboxylic acids is 1. The van der Waals surface area contributed by atoms with Gasteiger partial charge in [0.05, 0.1) is 12.7 Å². The molecule has 0 radical (unpaired) electrons. The molecule has 0 spiro atoms. The predicted molar refractivity (Wildman–Crippen MR) is 76.8 cm³/mol. The molecule has 0 bridgehead atoms. The second-order valence-electron chi connectivity index (χ2n) is 4.14. The third kappa shape index (κ3) is 2.74. The van der Waals surface area contributed by atoms with E-state index in [2.05, 4.69) is 5.16 Å². The summed E-state index contributed by atoms with van der Waals surface area (Å²) in [5, 5.41) is 20.8. The van der Waals surface area contributed by atoms with Gasteiger partial charge in [-0.1, -0.05) is 41.6 Å². The number of hydrogen-bond donors (Lipinski definition) is 1. The van der Waals surface area contributed by atoms with E-state index in [4.69, 9.17) is 15.2 Å². The van der Waals surface area contributed by atoms with Crippen LogP contribution >= 0.6 is 0 Å². The minimum atomic E-state index is -0.306. The van der Waals surface area contributed by atoms with Crippen LogP contribution in [0.15, 0.2) is 53.7 Å². The largest absolute Gasteiger partial charge is 0.496 e. The average Bonchev–Trinajstić information content (AvgIpc) is 2.56. The summed E-state index contributed by atoms with van der Waals surface area (Å²) in [5.41, 5.74) is 0.714. The van der Waals surface area contributed by atoms with E-state index in [1.54, 1.807) is 54.6 Å². The average molecular weight is 280 g/mol. The first kappa shape index (κ1) is 14.3. The molecule has 0 amide bonds. The number of benzene rings is 2. The van der Waals surface area contributed by atoms with Crippen molar-refractivity contribution >= 4 is 11.5 Å². The van der Waals surface area contributed by atoms with E-state index in [0.29, 0.717) is 11.3 Å². The minimum Gasteiger partial charge on any atom is -0.496 e. The molecule has 5 heteroatoms. The number of nitrogens with zero attached hydrogens (tertiary/aromatic N) is 2. The van der Waals surface area contributed by atoms with E-state index in [9.17, 15) is 4.79 Å². The monoisotopic (exact) mass is 280 g/mol. The molecule has 21 heavy (non-hydrogen) atoms. The third-order valence-corrected chi connectivity index (χ3v) is 2.98. The van der Waals surface area contributed by atoms with Gasteiger partial charge in [-0.15, -0.1) is 0 Å². The second-order valence-corrected chi connectivity index (χ2v) is 4.14. The van der Waals surface area contributed by atoms with E-state index >= 15 is 0 Å². The summed E-state index contributed by atoms with van der Waals surface area (Å²) in [6, 6.07) is 15.0. The van der Waals surface area contributed by atoms with E-state index in [0.717, 1.165) is 0 Å². The lowest BCUT2D eigenvalue weighted by Crippen LogP contribution is -2.10. The van der Waals surface area contributed by atoms with Crippen molar-refractivity contribution in [2.24, 2.45) is 5.16 Å². The molecular weight excluding hydrogens is 268 g/mol. The number of nitriles is 1. The lowest BCUT2D eigenvalue weighted by molar-refractivity contribution is 0.103. The highest BCUT2D eigenvalue weighted by Gasteiger charge is 2.19. The molecule has 0 atom stereocenters. The van der Waals surface area contributed by atoms with Crippen LogP contribution < -0.4 is 4.74 Å². The molecule has 0 heterocycles. The van der Waals surface area contributed by atoms with Crippen molar-refractivity contribution < 1.29 is 14.7 Å². The van der Waals surface area contributed by atoms with Gasteiger partial charge in [-0.2, -0.15) is 5.26 Å². The number of rotatable bonds is 4. The number of oxime groups is 1. The summed E-state index contributed by atoms with van der Waals surface area (Å²) in [7, 11) is 1.48. The van der Waals surface area contributed by atoms with Gasteiger partial charge in [-0.3, -0.25) is 4.79 Å². The molecule has 0 aliphatic heterocycles. The molecule has 0 saturated carbocycles. The zero-order valence-electron chi connectivity index (χ0n) is 11.3. The fraction of sp³-hybridized carbons (Fsp3) is 0.0625. The van der Waals surface area contributed by atoms with Crippen molar-refractivity contribution in [2.75, 3.05) is 7.11 Å². The fourth-order valence-electron chi connectivity index (χ4n) is 2.00. The number of ketones is 1. The van der Waals surface area contributed by atoms with E-state index in [1.807, 2.05) is 0 Å². The molecule has 2 aromatic rings. The number of carbonyl (C=O) groups is 1. The molecule has 0 aliphatic rings. The molecule has 0 aliphatic carbocycles. The van der Waals surface area contributed by atoms with Crippen LogP contribution in [0.3, 0.4) is 0 Å². The van der Waals surface area contributed by atoms with Crippen LogP contribution in [-0.4, -0.2) is 23.8 Å². The van der Waals surface area contributed by atoms with E-state index in [1.165, 1.54) is 7.11 Å². The van der Waals surface area contributed by atoms with Gasteiger partial charge in [0.15, 0.2) is 11.5 Å². The lowest BCUT2D eigenvalue weighted by Gasteiger charge is -2.09. The van der Waals surface area contributed by atoms with Gasteiger partial charge in [0, 0.05) is 11.1 Å². The molecule has 2 aromatic carbocycles. The first-order valence-corrected chi connectivity index (χ1v) is 6.12. The standard InChI is InChI=1S/C16H12N2O3/c1-21-15-9-5-4-8-13(15)16(19)12-7-3-2-6-11(12)14(10-17)18-20/h2-9,20H,1H3. The maximum Gasteiger partial charge on any atom is 0.197 e. The van der Waals surface area contributed by atoms with Crippen molar-refractivity contribution in [2.45, 2.75) is 0 Å². The van der Waals surface area contributed by atoms with Crippen LogP contribution in [0.4, 0.5) is 0 Å². The first-order chi connectivity index (χ1) is 10.2. The zero-order chi connectivity index (χ0) is 15.2. The maximum absolute atomic E-state index is 12.7. The van der Waals surface area contributed by atoms with E-state index < -0.39 is 0 Å². The van der Waals surface area contributed by atoms with Crippen LogP contribution in [0.1, 0.15) is 21.5 Å². The van der Waals surface area contributed by atoms with Crippen LogP contribution in [0.5, 0.6) is 5.75 Å². The SMILES string of the molecule is COc1ccccc1C(=O)c1ccccc1C(C#N)=NO. The summed E-state index contributed by atoms with van der Waals surface area (Å²) < 4.78 is 5.18. The van der Waals surface area contributed by atoms with Crippen molar-refractivity contribution in [3.8, 4) is 11.8 Å². The van der Waals surface area contributed by atoms with Crippen molar-refractivity contribution in [3.05, 3.63) is 65.2 Å². The minimum absolute atomic E-state index is 0.214. The lowest BCUT2D eigenvalue weighted by atomic mass is 9.95. The Bertz CT molecular complexity index is 745. The Balaban J connectivity index is 2.58. The Morgan fingerprint density at radius 3 is 2.24 bits per heavy atom. The zero-order valence-corrected chi connectivity index (χ0v) is 11.3. The number of ether oxygens (including phenoxy) is 1. The van der Waals surface area contributed by atoms with Gasteiger partial charge in [0.25, 0.3) is 0 Å². The molecule has 0 aromatic heterocycles. The Hall–Kier alpha value is -3.13. The van der Waals surface area contributed by atoms with Crippen molar-refractivity contribution in [3.63, 3.8) is 0 Å². The highest BCUT2D eigenvalue weighted by molar-refractivity contribution is 6.21. The topological polar surface area (TPSA) is 82.7 Å². The Morgan fingerprint density at radius 2 is 1.67 bits per heavy atom. The summed E-state index contributed by atoms with van der Waals surface area (Å²) in [6.45, 7) is 0. The normalized spacial score (nSPS) is 10.8. The summed E-state index contributed by atoms with van der Waals surface area (Å²) in [6.07, 6.45) is 0. The highest BCUT2D eigenvalue weighted by atomic mass is 16.5.